The fourth-order valence-electron chi connectivity index (χ4n) is 3.30. The first-order chi connectivity index (χ1) is 14.6. The number of anilines is 1. The summed E-state index contributed by atoms with van der Waals surface area (Å²) in [5.41, 5.74) is 4.36. The van der Waals surface area contributed by atoms with Gasteiger partial charge in [0.15, 0.2) is 0 Å². The maximum Gasteiger partial charge on any atom is 0.231 e. The van der Waals surface area contributed by atoms with Gasteiger partial charge >= 0.3 is 0 Å². The highest BCUT2D eigenvalue weighted by molar-refractivity contribution is 6.02. The number of aromatic amines is 1. The van der Waals surface area contributed by atoms with Gasteiger partial charge in [-0.05, 0) is 44.5 Å². The van der Waals surface area contributed by atoms with Crippen molar-refractivity contribution in [3.05, 3.63) is 59.9 Å². The summed E-state index contributed by atoms with van der Waals surface area (Å²) in [6.07, 6.45) is 0.549. The van der Waals surface area contributed by atoms with E-state index in [2.05, 4.69) is 57.6 Å². The van der Waals surface area contributed by atoms with Crippen molar-refractivity contribution in [3.63, 3.8) is 0 Å². The Hall–Kier alpha value is -2.62. The van der Waals surface area contributed by atoms with Gasteiger partial charge in [0.25, 0.3) is 0 Å². The van der Waals surface area contributed by atoms with E-state index in [9.17, 15) is 4.79 Å². The zero-order valence-electron chi connectivity index (χ0n) is 21.1. The van der Waals surface area contributed by atoms with E-state index in [1.165, 1.54) is 0 Å². The number of imidazole rings is 1. The van der Waals surface area contributed by atoms with Gasteiger partial charge in [-0.15, -0.1) is 0 Å². The minimum absolute atomic E-state index is 0.0962. The van der Waals surface area contributed by atoms with Gasteiger partial charge in [-0.3, -0.25) is 4.79 Å². The third-order valence-corrected chi connectivity index (χ3v) is 4.59. The van der Waals surface area contributed by atoms with Gasteiger partial charge in [-0.25, -0.2) is 4.98 Å². The third-order valence-electron chi connectivity index (χ3n) is 4.59. The quantitative estimate of drug-likeness (QED) is 0.413. The van der Waals surface area contributed by atoms with E-state index in [4.69, 9.17) is 0 Å². The molecule has 0 unspecified atom stereocenters. The molecule has 0 radical (unpaired) electrons. The molecule has 4 nitrogen and oxygen atoms in total. The number of aromatic nitrogens is 2. The van der Waals surface area contributed by atoms with Crippen LogP contribution in [0.25, 0.3) is 11.0 Å². The second-order valence-corrected chi connectivity index (χ2v) is 9.06. The van der Waals surface area contributed by atoms with Crippen molar-refractivity contribution in [1.29, 1.82) is 0 Å². The van der Waals surface area contributed by atoms with Crippen LogP contribution in [0.3, 0.4) is 0 Å². The summed E-state index contributed by atoms with van der Waals surface area (Å²) in [7, 11) is 0. The largest absolute Gasteiger partial charge is 0.342 e. The highest BCUT2D eigenvalue weighted by Crippen LogP contribution is 2.33. The lowest BCUT2D eigenvalue weighted by molar-refractivity contribution is -0.118. The van der Waals surface area contributed by atoms with Crippen LogP contribution in [-0.4, -0.2) is 21.4 Å². The lowest BCUT2D eigenvalue weighted by Gasteiger charge is -2.32. The Morgan fingerprint density at radius 3 is 1.94 bits per heavy atom. The van der Waals surface area contributed by atoms with E-state index < -0.39 is 0 Å². The first kappa shape index (κ1) is 26.4. The third kappa shape index (κ3) is 6.68. The molecule has 2 heterocycles. The van der Waals surface area contributed by atoms with Gasteiger partial charge in [0.05, 0.1) is 17.5 Å². The zero-order chi connectivity index (χ0) is 23.8. The van der Waals surface area contributed by atoms with Crippen molar-refractivity contribution in [1.82, 2.24) is 9.97 Å². The molecule has 4 rings (SSSR count). The topological polar surface area (TPSA) is 49.0 Å². The summed E-state index contributed by atoms with van der Waals surface area (Å²) in [4.78, 5) is 21.5. The van der Waals surface area contributed by atoms with Gasteiger partial charge in [0.1, 0.15) is 5.82 Å². The number of carbonyl (C=O) groups is 1. The Bertz CT molecular complexity index is 925. The normalized spacial score (nSPS) is 12.7. The highest BCUT2D eigenvalue weighted by atomic mass is 16.2. The summed E-state index contributed by atoms with van der Waals surface area (Å²) in [6, 6.07) is 16.1. The number of carbonyl (C=O) groups excluding carboxylic acids is 1. The van der Waals surface area contributed by atoms with Crippen LogP contribution >= 0.6 is 0 Å². The molecule has 1 aliphatic rings. The average molecular weight is 424 g/mol. The van der Waals surface area contributed by atoms with E-state index in [-0.39, 0.29) is 16.9 Å². The van der Waals surface area contributed by atoms with Gasteiger partial charge in [-0.1, -0.05) is 78.8 Å². The number of H-pyrrole nitrogens is 1. The van der Waals surface area contributed by atoms with E-state index >= 15 is 0 Å². The molecule has 31 heavy (non-hydrogen) atoms. The SMILES string of the molecule is CC.CC.CC(C)(C)N1C(=O)Cc2ccccc21.CC(C)(C)c1nc2ccccc2[nH]1. The second-order valence-electron chi connectivity index (χ2n) is 9.06. The predicted octanol–water partition coefficient (Wildman–Crippen LogP) is 7.29. The minimum atomic E-state index is -0.121. The van der Waals surface area contributed by atoms with Crippen molar-refractivity contribution in [2.75, 3.05) is 4.90 Å². The summed E-state index contributed by atoms with van der Waals surface area (Å²) in [5, 5.41) is 0. The number of hydrogen-bond donors (Lipinski definition) is 1. The molecular formula is C27H41N3O. The first-order valence-corrected chi connectivity index (χ1v) is 11.4. The van der Waals surface area contributed by atoms with Crippen LogP contribution in [-0.2, 0) is 16.6 Å². The number of amides is 1. The van der Waals surface area contributed by atoms with Crippen LogP contribution in [0.15, 0.2) is 48.5 Å². The fourth-order valence-corrected chi connectivity index (χ4v) is 3.30. The number of hydrogen-bond acceptors (Lipinski definition) is 2. The molecule has 0 aliphatic carbocycles. The highest BCUT2D eigenvalue weighted by Gasteiger charge is 2.34. The monoisotopic (exact) mass is 423 g/mol. The molecule has 2 aromatic carbocycles. The van der Waals surface area contributed by atoms with E-state index in [1.54, 1.807) is 0 Å². The van der Waals surface area contributed by atoms with E-state index in [0.29, 0.717) is 6.42 Å². The molecule has 4 heteroatoms. The van der Waals surface area contributed by atoms with Crippen LogP contribution < -0.4 is 4.90 Å². The zero-order valence-corrected chi connectivity index (χ0v) is 21.1. The number of benzene rings is 2. The Morgan fingerprint density at radius 1 is 0.839 bits per heavy atom. The van der Waals surface area contributed by atoms with Crippen molar-refractivity contribution in [2.24, 2.45) is 0 Å². The molecule has 170 valence electrons. The van der Waals surface area contributed by atoms with E-state index in [0.717, 1.165) is 28.1 Å². The maximum atomic E-state index is 11.8. The Balaban J connectivity index is 0.000000268. The molecule has 0 bridgehead atoms. The molecule has 0 saturated carbocycles. The number of fused-ring (bicyclic) bond motifs is 2. The summed E-state index contributed by atoms with van der Waals surface area (Å²) < 4.78 is 0. The van der Waals surface area contributed by atoms with Gasteiger partial charge in [0.2, 0.25) is 5.91 Å². The van der Waals surface area contributed by atoms with Crippen LogP contribution in [0.5, 0.6) is 0 Å². The predicted molar refractivity (Wildman–Crippen MR) is 135 cm³/mol. The Kier molecular flexibility index (Phi) is 9.48. The summed E-state index contributed by atoms with van der Waals surface area (Å²) >= 11 is 0. The molecule has 0 saturated heterocycles. The van der Waals surface area contributed by atoms with Gasteiger partial charge in [0, 0.05) is 16.6 Å². The van der Waals surface area contributed by atoms with Crippen LogP contribution in [0.2, 0.25) is 0 Å². The van der Waals surface area contributed by atoms with Crippen molar-refractivity contribution in [3.8, 4) is 0 Å². The summed E-state index contributed by atoms with van der Waals surface area (Å²) in [5.74, 6) is 1.26. The number of rotatable bonds is 0. The minimum Gasteiger partial charge on any atom is -0.342 e. The lowest BCUT2D eigenvalue weighted by Crippen LogP contribution is -2.43. The van der Waals surface area contributed by atoms with Gasteiger partial charge < -0.3 is 9.88 Å². The molecule has 0 fully saturated rings. The van der Waals surface area contributed by atoms with Crippen LogP contribution in [0, 0.1) is 0 Å². The van der Waals surface area contributed by atoms with Crippen LogP contribution in [0.4, 0.5) is 5.69 Å². The van der Waals surface area contributed by atoms with Crippen LogP contribution in [0.1, 0.15) is 80.6 Å². The maximum absolute atomic E-state index is 11.8. The average Bonchev–Trinajstić information content (AvgIpc) is 3.31. The van der Waals surface area contributed by atoms with Crippen molar-refractivity contribution in [2.45, 2.75) is 86.6 Å². The van der Waals surface area contributed by atoms with Crippen molar-refractivity contribution >= 4 is 22.6 Å². The van der Waals surface area contributed by atoms with Gasteiger partial charge in [-0.2, -0.15) is 0 Å². The first-order valence-electron chi connectivity index (χ1n) is 11.4. The summed E-state index contributed by atoms with van der Waals surface area (Å²) in [6.45, 7) is 20.7. The molecule has 0 spiro atoms. The number of para-hydroxylation sites is 3. The number of nitrogens with one attached hydrogen (secondary N) is 1. The Labute approximate surface area is 189 Å². The molecule has 1 aliphatic heterocycles. The molecule has 0 atom stereocenters. The molecule has 1 amide bonds. The van der Waals surface area contributed by atoms with E-state index in [1.807, 2.05) is 75.1 Å². The standard InChI is InChI=1S/C12H15NO.C11H14N2.2C2H6/c1-12(2,3)13-10-7-5-4-6-9(10)8-11(13)14;1-11(2,3)10-12-8-6-4-5-7-9(8)13-10;2*1-2/h4-7H,8H2,1-3H3;4-7H,1-3H3,(H,12,13);2*1-2H3. The number of nitrogens with zero attached hydrogens (tertiary/aromatic N) is 2. The van der Waals surface area contributed by atoms with Crippen molar-refractivity contribution < 1.29 is 4.79 Å². The fraction of sp³-hybridized carbons (Fsp3) is 0.481. The lowest BCUT2D eigenvalue weighted by atomic mass is 9.96. The second kappa shape index (κ2) is 11.1. The Morgan fingerprint density at radius 2 is 1.39 bits per heavy atom. The molecule has 3 aromatic rings. The molecule has 1 aromatic heterocycles. The smallest absolute Gasteiger partial charge is 0.231 e. The molecular weight excluding hydrogens is 382 g/mol. The molecule has 1 N–H and O–H groups in total.